The van der Waals surface area contributed by atoms with Crippen molar-refractivity contribution in [2.24, 2.45) is 0 Å². The van der Waals surface area contributed by atoms with E-state index in [2.05, 4.69) is 5.10 Å². The highest BCUT2D eigenvalue weighted by Crippen LogP contribution is 2.31. The molecule has 1 aromatic heterocycles. The fourth-order valence-electron chi connectivity index (χ4n) is 1.54. The Balaban J connectivity index is 2.60. The van der Waals surface area contributed by atoms with Crippen LogP contribution in [0.15, 0.2) is 18.3 Å². The van der Waals surface area contributed by atoms with Crippen LogP contribution >= 0.6 is 0 Å². The average molecular weight is 221 g/mol. The molecule has 2 aromatic rings. The first-order valence-corrected chi connectivity index (χ1v) is 4.94. The minimum absolute atomic E-state index is 0.694. The van der Waals surface area contributed by atoms with Crippen LogP contribution in [0.5, 0.6) is 11.5 Å². The van der Waals surface area contributed by atoms with Gasteiger partial charge in [-0.05, 0) is 6.07 Å². The molecule has 0 saturated heterocycles. The molecule has 0 N–H and O–H groups in total. The van der Waals surface area contributed by atoms with Gasteiger partial charge in [0.1, 0.15) is 0 Å². The Morgan fingerprint density at radius 2 is 1.75 bits per heavy atom. The third kappa shape index (κ3) is 1.64. The second kappa shape index (κ2) is 3.92. The molecule has 86 valence electrons. The number of rotatable bonds is 3. The second-order valence-electron chi connectivity index (χ2n) is 3.66. The highest BCUT2D eigenvalue weighted by molar-refractivity contribution is 5.82. The molecule has 5 heteroatoms. The molecule has 0 unspecified atom stereocenters. The number of benzene rings is 1. The summed E-state index contributed by atoms with van der Waals surface area (Å²) in [5.41, 5.74) is 0.881. The van der Waals surface area contributed by atoms with E-state index in [1.54, 1.807) is 19.0 Å². The summed E-state index contributed by atoms with van der Waals surface area (Å²) in [7, 11) is 7.10. The molecule has 0 fully saturated rings. The Labute approximate surface area is 94.1 Å². The number of fused-ring (bicyclic) bond motifs is 1. The van der Waals surface area contributed by atoms with E-state index in [9.17, 15) is 0 Å². The summed E-state index contributed by atoms with van der Waals surface area (Å²) >= 11 is 0. The van der Waals surface area contributed by atoms with Crippen molar-refractivity contribution in [3.8, 4) is 11.5 Å². The minimum atomic E-state index is 0.694. The first-order valence-electron chi connectivity index (χ1n) is 4.94. The summed E-state index contributed by atoms with van der Waals surface area (Å²) in [6.07, 6.45) is 1.94. The highest BCUT2D eigenvalue weighted by Gasteiger charge is 2.09. The van der Waals surface area contributed by atoms with E-state index in [4.69, 9.17) is 9.47 Å². The first-order chi connectivity index (χ1) is 7.65. The maximum absolute atomic E-state index is 5.24. The fraction of sp³-hybridized carbons (Fsp3) is 0.364. The molecule has 2 rings (SSSR count). The highest BCUT2D eigenvalue weighted by atomic mass is 16.5. The van der Waals surface area contributed by atoms with Crippen LogP contribution < -0.4 is 14.5 Å². The smallest absolute Gasteiger partial charge is 0.162 e. The van der Waals surface area contributed by atoms with Crippen molar-refractivity contribution in [1.82, 2.24) is 9.89 Å². The van der Waals surface area contributed by atoms with Gasteiger partial charge in [0.15, 0.2) is 11.5 Å². The molecule has 1 heterocycles. The number of methoxy groups -OCH3 is 2. The fourth-order valence-corrected chi connectivity index (χ4v) is 1.54. The van der Waals surface area contributed by atoms with Crippen molar-refractivity contribution in [3.05, 3.63) is 18.3 Å². The molecule has 0 atom stereocenters. The van der Waals surface area contributed by atoms with Crippen LogP contribution in [0.25, 0.3) is 10.9 Å². The van der Waals surface area contributed by atoms with E-state index in [0.717, 1.165) is 10.9 Å². The van der Waals surface area contributed by atoms with Crippen molar-refractivity contribution >= 4 is 10.9 Å². The summed E-state index contributed by atoms with van der Waals surface area (Å²) in [6, 6.07) is 3.79. The molecule has 0 aliphatic heterocycles. The van der Waals surface area contributed by atoms with Crippen LogP contribution in [0.2, 0.25) is 0 Å². The first kappa shape index (κ1) is 10.6. The third-order valence-electron chi connectivity index (χ3n) is 2.41. The maximum Gasteiger partial charge on any atom is 0.162 e. The van der Waals surface area contributed by atoms with E-state index < -0.39 is 0 Å². The van der Waals surface area contributed by atoms with E-state index in [1.165, 1.54) is 0 Å². The van der Waals surface area contributed by atoms with Gasteiger partial charge in [-0.2, -0.15) is 9.89 Å². The van der Waals surface area contributed by atoms with Crippen molar-refractivity contribution in [2.45, 2.75) is 0 Å². The van der Waals surface area contributed by atoms with Crippen LogP contribution in [-0.4, -0.2) is 38.2 Å². The van der Waals surface area contributed by atoms with Gasteiger partial charge in [0.05, 0.1) is 25.9 Å². The van der Waals surface area contributed by atoms with Crippen molar-refractivity contribution in [2.75, 3.05) is 33.3 Å². The topological polar surface area (TPSA) is 39.5 Å². The predicted molar refractivity (Wildman–Crippen MR) is 62.9 cm³/mol. The predicted octanol–water partition coefficient (Wildman–Crippen LogP) is 1.25. The molecule has 0 saturated carbocycles. The molecule has 0 bridgehead atoms. The monoisotopic (exact) mass is 221 g/mol. The average Bonchev–Trinajstić information content (AvgIpc) is 2.69. The van der Waals surface area contributed by atoms with Crippen molar-refractivity contribution < 1.29 is 9.47 Å². The lowest BCUT2D eigenvalue weighted by atomic mass is 10.2. The zero-order chi connectivity index (χ0) is 11.7. The number of hydrogen-bond acceptors (Lipinski definition) is 4. The van der Waals surface area contributed by atoms with Gasteiger partial charge in [-0.25, -0.2) is 0 Å². The Morgan fingerprint density at radius 3 is 2.31 bits per heavy atom. The number of ether oxygens (including phenoxy) is 2. The molecule has 0 amide bonds. The maximum atomic E-state index is 5.24. The van der Waals surface area contributed by atoms with Gasteiger partial charge in [-0.15, -0.1) is 0 Å². The normalized spacial score (nSPS) is 10.5. The number of nitrogens with zero attached hydrogens (tertiary/aromatic N) is 3. The van der Waals surface area contributed by atoms with Gasteiger partial charge in [-0.1, -0.05) is 0 Å². The molecular formula is C11H15N3O2. The summed E-state index contributed by atoms with van der Waals surface area (Å²) in [4.78, 5) is 1.77. The van der Waals surface area contributed by atoms with Crippen molar-refractivity contribution in [1.29, 1.82) is 0 Å². The van der Waals surface area contributed by atoms with Crippen LogP contribution in [-0.2, 0) is 0 Å². The van der Waals surface area contributed by atoms with Crippen LogP contribution in [0.3, 0.4) is 0 Å². The van der Waals surface area contributed by atoms with Crippen molar-refractivity contribution in [3.63, 3.8) is 0 Å². The van der Waals surface area contributed by atoms with Crippen LogP contribution in [0.4, 0.5) is 0 Å². The molecule has 5 nitrogen and oxygen atoms in total. The Bertz CT molecular complexity index is 464. The minimum Gasteiger partial charge on any atom is -0.493 e. The summed E-state index contributed by atoms with van der Waals surface area (Å²) in [6.45, 7) is 0. The lowest BCUT2D eigenvalue weighted by molar-refractivity contribution is 0.356. The molecule has 0 aliphatic rings. The SMILES string of the molecule is COc1cc2cn(N(C)C)nc2cc1OC. The van der Waals surface area contributed by atoms with E-state index in [1.807, 2.05) is 37.4 Å². The lowest BCUT2D eigenvalue weighted by Crippen LogP contribution is -2.24. The summed E-state index contributed by atoms with van der Waals surface area (Å²) in [5.74, 6) is 1.41. The molecule has 0 aliphatic carbocycles. The number of aromatic nitrogens is 2. The molecular weight excluding hydrogens is 206 g/mol. The van der Waals surface area contributed by atoms with Crippen LogP contribution in [0.1, 0.15) is 0 Å². The van der Waals surface area contributed by atoms with Gasteiger partial charge >= 0.3 is 0 Å². The van der Waals surface area contributed by atoms with Gasteiger partial charge in [0.25, 0.3) is 0 Å². The van der Waals surface area contributed by atoms with Crippen LogP contribution in [0, 0.1) is 0 Å². The zero-order valence-corrected chi connectivity index (χ0v) is 9.89. The molecule has 0 radical (unpaired) electrons. The second-order valence-corrected chi connectivity index (χ2v) is 3.66. The Hall–Kier alpha value is -1.91. The molecule has 0 spiro atoms. The summed E-state index contributed by atoms with van der Waals surface area (Å²) < 4.78 is 10.5. The van der Waals surface area contributed by atoms with Gasteiger partial charge in [0, 0.05) is 25.5 Å². The van der Waals surface area contributed by atoms with Gasteiger partial charge < -0.3 is 14.5 Å². The van der Waals surface area contributed by atoms with E-state index >= 15 is 0 Å². The quantitative estimate of drug-likeness (QED) is 0.782. The standard InChI is InChI=1S/C11H15N3O2/c1-13(2)14-7-8-5-10(15-3)11(16-4)6-9(8)12-14/h5-7H,1-4H3. The number of hydrogen-bond donors (Lipinski definition) is 0. The lowest BCUT2D eigenvalue weighted by Gasteiger charge is -2.10. The van der Waals surface area contributed by atoms with E-state index in [-0.39, 0.29) is 0 Å². The van der Waals surface area contributed by atoms with Gasteiger partial charge in [0.2, 0.25) is 0 Å². The molecule has 16 heavy (non-hydrogen) atoms. The van der Waals surface area contributed by atoms with Gasteiger partial charge in [-0.3, -0.25) is 0 Å². The largest absolute Gasteiger partial charge is 0.493 e. The summed E-state index contributed by atoms with van der Waals surface area (Å²) in [5, 5.41) is 7.31. The Morgan fingerprint density at radius 1 is 1.12 bits per heavy atom. The third-order valence-corrected chi connectivity index (χ3v) is 2.41. The zero-order valence-electron chi connectivity index (χ0n) is 9.89. The Kier molecular flexibility index (Phi) is 2.60. The van der Waals surface area contributed by atoms with E-state index in [0.29, 0.717) is 11.5 Å². The molecule has 1 aromatic carbocycles.